The van der Waals surface area contributed by atoms with E-state index in [1.807, 2.05) is 25.1 Å². The molecule has 2 amide bonds. The zero-order chi connectivity index (χ0) is 16.2. The van der Waals surface area contributed by atoms with Crippen LogP contribution in [0.15, 0.2) is 36.5 Å². The zero-order valence-electron chi connectivity index (χ0n) is 13.1. The van der Waals surface area contributed by atoms with Crippen molar-refractivity contribution in [3.8, 4) is 5.69 Å². The van der Waals surface area contributed by atoms with Crippen molar-refractivity contribution >= 4 is 11.8 Å². The summed E-state index contributed by atoms with van der Waals surface area (Å²) in [5.41, 5.74) is 2.46. The molecule has 2 aromatic rings. The van der Waals surface area contributed by atoms with Gasteiger partial charge in [0.15, 0.2) is 0 Å². The van der Waals surface area contributed by atoms with Crippen molar-refractivity contribution in [1.82, 2.24) is 20.4 Å². The van der Waals surface area contributed by atoms with Gasteiger partial charge < -0.3 is 10.6 Å². The molecule has 3 rings (SSSR count). The summed E-state index contributed by atoms with van der Waals surface area (Å²) in [5.74, 6) is -0.324. The largest absolute Gasteiger partial charge is 0.354 e. The Morgan fingerprint density at radius 2 is 2.04 bits per heavy atom. The highest BCUT2D eigenvalue weighted by Gasteiger charge is 2.22. The number of amides is 2. The predicted octanol–water partition coefficient (Wildman–Crippen LogP) is 1.58. The molecule has 23 heavy (non-hydrogen) atoms. The maximum atomic E-state index is 12.3. The van der Waals surface area contributed by atoms with Crippen LogP contribution in [0.25, 0.3) is 5.69 Å². The highest BCUT2D eigenvalue weighted by Crippen LogP contribution is 2.12. The first-order valence-corrected chi connectivity index (χ1v) is 7.85. The van der Waals surface area contributed by atoms with Crippen molar-refractivity contribution in [1.29, 1.82) is 0 Å². The van der Waals surface area contributed by atoms with Gasteiger partial charge in [0.1, 0.15) is 6.04 Å². The molecule has 6 heteroatoms. The second-order valence-corrected chi connectivity index (χ2v) is 5.74. The van der Waals surface area contributed by atoms with E-state index in [9.17, 15) is 9.59 Å². The molecule has 2 heterocycles. The van der Waals surface area contributed by atoms with Gasteiger partial charge in [0.2, 0.25) is 5.91 Å². The van der Waals surface area contributed by atoms with Gasteiger partial charge in [-0.3, -0.25) is 9.59 Å². The first-order valence-electron chi connectivity index (χ1n) is 7.85. The van der Waals surface area contributed by atoms with E-state index < -0.39 is 6.04 Å². The van der Waals surface area contributed by atoms with Gasteiger partial charge in [-0.2, -0.15) is 5.10 Å². The Labute approximate surface area is 134 Å². The molecule has 1 saturated heterocycles. The van der Waals surface area contributed by atoms with Gasteiger partial charge in [0, 0.05) is 24.0 Å². The Morgan fingerprint density at radius 3 is 2.74 bits per heavy atom. The van der Waals surface area contributed by atoms with Crippen LogP contribution in [0.5, 0.6) is 0 Å². The lowest BCUT2D eigenvalue weighted by molar-refractivity contribution is -0.122. The van der Waals surface area contributed by atoms with Crippen molar-refractivity contribution in [2.24, 2.45) is 0 Å². The number of carbonyl (C=O) groups excluding carboxylic acids is 2. The zero-order valence-corrected chi connectivity index (χ0v) is 13.1. The standard InChI is InChI=1S/C17H20N4O2/c1-12-9-11-19-21(12)14-7-5-13(6-8-14)16(22)20-15-4-2-3-10-18-17(15)23/h5-9,11,15H,2-4,10H2,1H3,(H,18,23)(H,20,22)/t15-/m1/s1. The van der Waals surface area contributed by atoms with Crippen molar-refractivity contribution in [2.45, 2.75) is 32.2 Å². The second kappa shape index (κ2) is 6.64. The van der Waals surface area contributed by atoms with Crippen LogP contribution in [0.3, 0.4) is 0 Å². The first-order chi connectivity index (χ1) is 11.1. The molecule has 0 spiro atoms. The number of hydrogen-bond donors (Lipinski definition) is 2. The van der Waals surface area contributed by atoms with E-state index in [-0.39, 0.29) is 11.8 Å². The Bertz CT molecular complexity index is 706. The molecular weight excluding hydrogens is 292 g/mol. The van der Waals surface area contributed by atoms with E-state index in [2.05, 4.69) is 15.7 Å². The molecule has 0 saturated carbocycles. The van der Waals surface area contributed by atoms with Crippen LogP contribution in [0, 0.1) is 6.92 Å². The van der Waals surface area contributed by atoms with Crippen LogP contribution in [0.2, 0.25) is 0 Å². The van der Waals surface area contributed by atoms with E-state index in [0.717, 1.165) is 24.2 Å². The molecule has 1 aromatic carbocycles. The Kier molecular flexibility index (Phi) is 4.41. The molecule has 0 unspecified atom stereocenters. The van der Waals surface area contributed by atoms with Gasteiger partial charge in [-0.1, -0.05) is 0 Å². The normalized spacial score (nSPS) is 18.1. The predicted molar refractivity (Wildman–Crippen MR) is 86.4 cm³/mol. The van der Waals surface area contributed by atoms with Gasteiger partial charge >= 0.3 is 0 Å². The van der Waals surface area contributed by atoms with Crippen LogP contribution >= 0.6 is 0 Å². The lowest BCUT2D eigenvalue weighted by Gasteiger charge is -2.15. The lowest BCUT2D eigenvalue weighted by atomic mass is 10.1. The van der Waals surface area contributed by atoms with Gasteiger partial charge in [0.05, 0.1) is 5.69 Å². The van der Waals surface area contributed by atoms with E-state index in [1.165, 1.54) is 0 Å². The van der Waals surface area contributed by atoms with Gasteiger partial charge in [-0.05, 0) is 56.5 Å². The third-order valence-corrected chi connectivity index (χ3v) is 4.05. The lowest BCUT2D eigenvalue weighted by Crippen LogP contribution is -2.45. The van der Waals surface area contributed by atoms with Crippen LogP contribution in [-0.4, -0.2) is 34.2 Å². The first kappa shape index (κ1) is 15.3. The van der Waals surface area contributed by atoms with E-state index >= 15 is 0 Å². The molecule has 0 aliphatic carbocycles. The number of carbonyl (C=O) groups is 2. The third kappa shape index (κ3) is 3.41. The number of aryl methyl sites for hydroxylation is 1. The topological polar surface area (TPSA) is 76.0 Å². The summed E-state index contributed by atoms with van der Waals surface area (Å²) in [6.45, 7) is 2.65. The van der Waals surface area contributed by atoms with Crippen LogP contribution in [0.4, 0.5) is 0 Å². The highest BCUT2D eigenvalue weighted by molar-refractivity contribution is 5.97. The van der Waals surface area contributed by atoms with E-state index in [1.54, 1.807) is 23.0 Å². The SMILES string of the molecule is Cc1ccnn1-c1ccc(C(=O)N[C@@H]2CCCCNC2=O)cc1. The number of nitrogens with one attached hydrogen (secondary N) is 2. The molecule has 1 aliphatic rings. The van der Waals surface area contributed by atoms with E-state index in [4.69, 9.17) is 0 Å². The fourth-order valence-corrected chi connectivity index (χ4v) is 2.71. The minimum Gasteiger partial charge on any atom is -0.354 e. The molecule has 1 aromatic heterocycles. The van der Waals surface area contributed by atoms with Crippen LogP contribution in [-0.2, 0) is 4.79 Å². The van der Waals surface area contributed by atoms with E-state index in [0.29, 0.717) is 18.5 Å². The maximum absolute atomic E-state index is 12.3. The van der Waals surface area contributed by atoms with Gasteiger partial charge in [-0.15, -0.1) is 0 Å². The summed E-state index contributed by atoms with van der Waals surface area (Å²) in [4.78, 5) is 24.2. The Morgan fingerprint density at radius 1 is 1.26 bits per heavy atom. The molecule has 6 nitrogen and oxygen atoms in total. The van der Waals surface area contributed by atoms with Crippen LogP contribution in [0.1, 0.15) is 35.3 Å². The smallest absolute Gasteiger partial charge is 0.251 e. The molecule has 1 fully saturated rings. The number of benzene rings is 1. The van der Waals surface area contributed by atoms with Crippen LogP contribution < -0.4 is 10.6 Å². The summed E-state index contributed by atoms with van der Waals surface area (Å²) in [7, 11) is 0. The van der Waals surface area contributed by atoms with Gasteiger partial charge in [-0.25, -0.2) is 4.68 Å². The monoisotopic (exact) mass is 312 g/mol. The molecule has 120 valence electrons. The summed E-state index contributed by atoms with van der Waals surface area (Å²) in [5, 5.41) is 9.87. The fraction of sp³-hybridized carbons (Fsp3) is 0.353. The maximum Gasteiger partial charge on any atom is 0.251 e. The summed E-state index contributed by atoms with van der Waals surface area (Å²) >= 11 is 0. The number of rotatable bonds is 3. The van der Waals surface area contributed by atoms with Gasteiger partial charge in [0.25, 0.3) is 5.91 Å². The summed E-state index contributed by atoms with van der Waals surface area (Å²) < 4.78 is 1.81. The Hall–Kier alpha value is -2.63. The number of hydrogen-bond acceptors (Lipinski definition) is 3. The molecule has 1 atom stereocenters. The van der Waals surface area contributed by atoms with Crippen molar-refractivity contribution in [3.05, 3.63) is 47.8 Å². The summed E-state index contributed by atoms with van der Waals surface area (Å²) in [6.07, 6.45) is 4.31. The molecule has 2 N–H and O–H groups in total. The molecule has 0 bridgehead atoms. The fourth-order valence-electron chi connectivity index (χ4n) is 2.71. The number of nitrogens with zero attached hydrogens (tertiary/aromatic N) is 2. The molecule has 1 aliphatic heterocycles. The minimum absolute atomic E-state index is 0.0976. The second-order valence-electron chi connectivity index (χ2n) is 5.74. The molecule has 0 radical (unpaired) electrons. The number of aromatic nitrogens is 2. The van der Waals surface area contributed by atoms with Crippen molar-refractivity contribution < 1.29 is 9.59 Å². The molecular formula is C17H20N4O2. The summed E-state index contributed by atoms with van der Waals surface area (Å²) in [6, 6.07) is 8.67. The average Bonchev–Trinajstić information content (AvgIpc) is 2.89. The average molecular weight is 312 g/mol. The van der Waals surface area contributed by atoms with Crippen molar-refractivity contribution in [3.63, 3.8) is 0 Å². The van der Waals surface area contributed by atoms with Crippen molar-refractivity contribution in [2.75, 3.05) is 6.54 Å². The Balaban J connectivity index is 1.70. The quantitative estimate of drug-likeness (QED) is 0.903. The third-order valence-electron chi connectivity index (χ3n) is 4.05. The minimum atomic E-state index is -0.446. The highest BCUT2D eigenvalue weighted by atomic mass is 16.2.